The molecule has 1 amide bonds. The molecule has 0 atom stereocenters. The average Bonchev–Trinajstić information content (AvgIpc) is 3.32. The van der Waals surface area contributed by atoms with Gasteiger partial charge in [-0.15, -0.1) is 0 Å². The zero-order valence-corrected chi connectivity index (χ0v) is 11.3. The normalized spacial score (nSPS) is 14.4. The number of rotatable bonds is 4. The van der Waals surface area contributed by atoms with E-state index in [0.717, 1.165) is 24.1 Å². The Labute approximate surface area is 119 Å². The van der Waals surface area contributed by atoms with Crippen LogP contribution in [0.2, 0.25) is 0 Å². The molecule has 1 saturated carbocycles. The van der Waals surface area contributed by atoms with Crippen LogP contribution in [0.3, 0.4) is 0 Å². The van der Waals surface area contributed by atoms with Crippen LogP contribution >= 0.6 is 0 Å². The molecule has 1 aliphatic rings. The molecular weight excluding hydrogens is 246 g/mol. The number of benzene rings is 2. The first-order chi connectivity index (χ1) is 9.81. The molecule has 0 aliphatic heterocycles. The lowest BCUT2D eigenvalue weighted by atomic mass is 10.1. The first-order valence-corrected chi connectivity index (χ1v) is 6.95. The van der Waals surface area contributed by atoms with E-state index < -0.39 is 0 Å². The zero-order valence-electron chi connectivity index (χ0n) is 11.3. The van der Waals surface area contributed by atoms with Crippen LogP contribution in [0.15, 0.2) is 54.6 Å². The van der Waals surface area contributed by atoms with Gasteiger partial charge in [-0.1, -0.05) is 54.6 Å². The number of nitrogens with one attached hydrogen (secondary N) is 1. The monoisotopic (exact) mass is 263 g/mol. The third-order valence-corrected chi connectivity index (χ3v) is 3.39. The Morgan fingerprint density at radius 2 is 1.50 bits per heavy atom. The number of hydrogen-bond acceptors (Lipinski definition) is 1. The second-order valence-corrected chi connectivity index (χ2v) is 5.13. The minimum atomic E-state index is 0.151. The predicted octanol–water partition coefficient (Wildman–Crippen LogP) is 4.21. The highest BCUT2D eigenvalue weighted by molar-refractivity contribution is 5.94. The molecule has 3 rings (SSSR count). The molecular formula is C18H17NO. The standard InChI is InChI=1S/C18H17NO/c20-18(16-10-11-16)19-17-12-8-15(9-13-17)7-6-14-4-2-1-3-5-14/h1-9,12-13,16H,10-11H2,(H,19,20). The molecule has 2 aromatic carbocycles. The highest BCUT2D eigenvalue weighted by Gasteiger charge is 2.29. The first kappa shape index (κ1) is 12.7. The summed E-state index contributed by atoms with van der Waals surface area (Å²) >= 11 is 0. The van der Waals surface area contributed by atoms with Crippen molar-refractivity contribution in [2.24, 2.45) is 5.92 Å². The molecule has 100 valence electrons. The summed E-state index contributed by atoms with van der Waals surface area (Å²) in [5.41, 5.74) is 3.18. The predicted molar refractivity (Wildman–Crippen MR) is 83.2 cm³/mol. The van der Waals surface area contributed by atoms with E-state index in [1.165, 1.54) is 5.56 Å². The van der Waals surface area contributed by atoms with Crippen molar-refractivity contribution in [3.63, 3.8) is 0 Å². The SMILES string of the molecule is O=C(Nc1ccc(C=Cc2ccccc2)cc1)C1CC1. The van der Waals surface area contributed by atoms with Crippen LogP contribution in [0, 0.1) is 5.92 Å². The molecule has 1 N–H and O–H groups in total. The van der Waals surface area contributed by atoms with E-state index in [2.05, 4.69) is 29.6 Å². The molecule has 0 radical (unpaired) electrons. The minimum Gasteiger partial charge on any atom is -0.326 e. The lowest BCUT2D eigenvalue weighted by molar-refractivity contribution is -0.117. The first-order valence-electron chi connectivity index (χ1n) is 6.95. The van der Waals surface area contributed by atoms with Crippen LogP contribution in [0.5, 0.6) is 0 Å². The summed E-state index contributed by atoms with van der Waals surface area (Å²) in [6.07, 6.45) is 6.22. The van der Waals surface area contributed by atoms with E-state index in [9.17, 15) is 4.79 Å². The summed E-state index contributed by atoms with van der Waals surface area (Å²) in [6.45, 7) is 0. The highest BCUT2D eigenvalue weighted by Crippen LogP contribution is 2.30. The van der Waals surface area contributed by atoms with Crippen LogP contribution in [-0.2, 0) is 4.79 Å². The van der Waals surface area contributed by atoms with E-state index in [1.54, 1.807) is 0 Å². The summed E-state index contributed by atoms with van der Waals surface area (Å²) < 4.78 is 0. The molecule has 0 aromatic heterocycles. The van der Waals surface area contributed by atoms with Gasteiger partial charge in [0.2, 0.25) is 5.91 Å². The van der Waals surface area contributed by atoms with Gasteiger partial charge in [-0.05, 0) is 36.1 Å². The van der Waals surface area contributed by atoms with Crippen molar-refractivity contribution in [1.29, 1.82) is 0 Å². The van der Waals surface area contributed by atoms with Crippen molar-refractivity contribution in [2.45, 2.75) is 12.8 Å². The van der Waals surface area contributed by atoms with Crippen molar-refractivity contribution >= 4 is 23.7 Å². The molecule has 2 nitrogen and oxygen atoms in total. The van der Waals surface area contributed by atoms with Gasteiger partial charge in [0.15, 0.2) is 0 Å². The van der Waals surface area contributed by atoms with Crippen LogP contribution in [0.4, 0.5) is 5.69 Å². The van der Waals surface area contributed by atoms with Gasteiger partial charge >= 0.3 is 0 Å². The highest BCUT2D eigenvalue weighted by atomic mass is 16.2. The number of anilines is 1. The van der Waals surface area contributed by atoms with Gasteiger partial charge in [0, 0.05) is 11.6 Å². The molecule has 0 heterocycles. The van der Waals surface area contributed by atoms with Crippen LogP contribution < -0.4 is 5.32 Å². The molecule has 0 saturated heterocycles. The molecule has 0 unspecified atom stereocenters. The summed E-state index contributed by atoms with van der Waals surface area (Å²) in [4.78, 5) is 11.6. The lowest BCUT2D eigenvalue weighted by Gasteiger charge is -2.04. The summed E-state index contributed by atoms with van der Waals surface area (Å²) in [5, 5.41) is 2.94. The lowest BCUT2D eigenvalue weighted by Crippen LogP contribution is -2.12. The largest absolute Gasteiger partial charge is 0.326 e. The number of carbonyl (C=O) groups is 1. The van der Waals surface area contributed by atoms with Crippen molar-refractivity contribution < 1.29 is 4.79 Å². The Balaban J connectivity index is 1.63. The molecule has 1 fully saturated rings. The van der Waals surface area contributed by atoms with Gasteiger partial charge in [-0.25, -0.2) is 0 Å². The maximum absolute atomic E-state index is 11.6. The topological polar surface area (TPSA) is 29.1 Å². The summed E-state index contributed by atoms with van der Waals surface area (Å²) in [6, 6.07) is 18.1. The molecule has 20 heavy (non-hydrogen) atoms. The molecule has 2 heteroatoms. The van der Waals surface area contributed by atoms with Crippen LogP contribution in [0.25, 0.3) is 12.2 Å². The molecule has 1 aliphatic carbocycles. The van der Waals surface area contributed by atoms with Gasteiger partial charge in [0.1, 0.15) is 0 Å². The fourth-order valence-corrected chi connectivity index (χ4v) is 2.02. The zero-order chi connectivity index (χ0) is 13.8. The van der Waals surface area contributed by atoms with E-state index in [-0.39, 0.29) is 11.8 Å². The smallest absolute Gasteiger partial charge is 0.227 e. The van der Waals surface area contributed by atoms with E-state index in [0.29, 0.717) is 0 Å². The fourth-order valence-electron chi connectivity index (χ4n) is 2.02. The molecule has 0 bridgehead atoms. The molecule has 2 aromatic rings. The van der Waals surface area contributed by atoms with Crippen molar-refractivity contribution in [3.8, 4) is 0 Å². The fraction of sp³-hybridized carbons (Fsp3) is 0.167. The van der Waals surface area contributed by atoms with E-state index in [1.807, 2.05) is 42.5 Å². The second kappa shape index (κ2) is 5.74. The Morgan fingerprint density at radius 3 is 2.10 bits per heavy atom. The Bertz CT molecular complexity index is 610. The van der Waals surface area contributed by atoms with Gasteiger partial charge in [0.25, 0.3) is 0 Å². The quantitative estimate of drug-likeness (QED) is 0.823. The van der Waals surface area contributed by atoms with E-state index >= 15 is 0 Å². The average molecular weight is 263 g/mol. The number of hydrogen-bond donors (Lipinski definition) is 1. The van der Waals surface area contributed by atoms with Gasteiger partial charge in [-0.2, -0.15) is 0 Å². The van der Waals surface area contributed by atoms with Crippen LogP contribution in [0.1, 0.15) is 24.0 Å². The maximum atomic E-state index is 11.6. The van der Waals surface area contributed by atoms with Gasteiger partial charge in [-0.3, -0.25) is 4.79 Å². The van der Waals surface area contributed by atoms with E-state index in [4.69, 9.17) is 0 Å². The van der Waals surface area contributed by atoms with Gasteiger partial charge in [0.05, 0.1) is 0 Å². The Hall–Kier alpha value is -2.35. The Morgan fingerprint density at radius 1 is 0.900 bits per heavy atom. The summed E-state index contributed by atoms with van der Waals surface area (Å²) in [5.74, 6) is 0.394. The minimum absolute atomic E-state index is 0.151. The summed E-state index contributed by atoms with van der Waals surface area (Å²) in [7, 11) is 0. The second-order valence-electron chi connectivity index (χ2n) is 5.13. The maximum Gasteiger partial charge on any atom is 0.227 e. The van der Waals surface area contributed by atoms with Gasteiger partial charge < -0.3 is 5.32 Å². The van der Waals surface area contributed by atoms with Crippen molar-refractivity contribution in [2.75, 3.05) is 5.32 Å². The van der Waals surface area contributed by atoms with Crippen LogP contribution in [-0.4, -0.2) is 5.91 Å². The number of carbonyl (C=O) groups excluding carboxylic acids is 1. The Kier molecular flexibility index (Phi) is 3.64. The number of amides is 1. The third kappa shape index (κ3) is 3.35. The van der Waals surface area contributed by atoms with Crippen molar-refractivity contribution in [3.05, 3.63) is 65.7 Å². The molecule has 0 spiro atoms. The van der Waals surface area contributed by atoms with Crippen molar-refractivity contribution in [1.82, 2.24) is 0 Å². The third-order valence-electron chi connectivity index (χ3n) is 3.39.